The monoisotopic (exact) mass is 349 g/mol. The summed E-state index contributed by atoms with van der Waals surface area (Å²) in [5, 5.41) is 7.34. The fourth-order valence-corrected chi connectivity index (χ4v) is 2.91. The van der Waals surface area contributed by atoms with E-state index in [1.807, 2.05) is 43.3 Å². The number of aromatic nitrogens is 2. The van der Waals surface area contributed by atoms with Crippen molar-refractivity contribution in [1.82, 2.24) is 15.1 Å². The highest BCUT2D eigenvalue weighted by Crippen LogP contribution is 2.18. The molecule has 1 N–H and O–H groups in total. The Morgan fingerprint density at radius 3 is 2.54 bits per heavy atom. The maximum absolute atomic E-state index is 12.5. The van der Waals surface area contributed by atoms with E-state index in [1.165, 1.54) is 11.1 Å². The molecule has 1 heterocycles. The van der Waals surface area contributed by atoms with Crippen molar-refractivity contribution in [2.45, 2.75) is 20.3 Å². The molecule has 3 rings (SSSR count). The number of carbonyl (C=O) groups is 1. The van der Waals surface area contributed by atoms with Crippen molar-refractivity contribution in [2.75, 3.05) is 13.7 Å². The number of rotatable bonds is 6. The predicted octanol–water partition coefficient (Wildman–Crippen LogP) is 3.47. The number of hydrogen-bond donors (Lipinski definition) is 1. The Labute approximate surface area is 153 Å². The van der Waals surface area contributed by atoms with E-state index >= 15 is 0 Å². The van der Waals surface area contributed by atoms with Crippen molar-refractivity contribution in [3.05, 3.63) is 77.1 Å². The van der Waals surface area contributed by atoms with Gasteiger partial charge in [0.2, 0.25) is 0 Å². The molecule has 5 nitrogen and oxygen atoms in total. The molecule has 0 aliphatic rings. The third-order valence-electron chi connectivity index (χ3n) is 4.51. The zero-order valence-electron chi connectivity index (χ0n) is 15.3. The zero-order valence-corrected chi connectivity index (χ0v) is 15.3. The number of amides is 1. The molecule has 26 heavy (non-hydrogen) atoms. The number of nitrogens with zero attached hydrogens (tertiary/aromatic N) is 2. The summed E-state index contributed by atoms with van der Waals surface area (Å²) in [7, 11) is 1.63. The van der Waals surface area contributed by atoms with Crippen molar-refractivity contribution < 1.29 is 9.53 Å². The molecule has 1 amide bonds. The maximum Gasteiger partial charge on any atom is 0.254 e. The summed E-state index contributed by atoms with van der Waals surface area (Å²) >= 11 is 0. The largest absolute Gasteiger partial charge is 0.497 e. The number of aryl methyl sites for hydroxylation is 1. The van der Waals surface area contributed by atoms with Gasteiger partial charge < -0.3 is 10.1 Å². The molecule has 1 aromatic heterocycles. The number of ether oxygens (including phenoxy) is 1. The van der Waals surface area contributed by atoms with E-state index in [4.69, 9.17) is 4.74 Å². The fourth-order valence-electron chi connectivity index (χ4n) is 2.91. The summed E-state index contributed by atoms with van der Waals surface area (Å²) in [6.07, 6.45) is 2.42. The molecule has 3 aromatic rings. The van der Waals surface area contributed by atoms with Crippen LogP contribution in [-0.2, 0) is 6.42 Å². The number of methoxy groups -OCH3 is 1. The van der Waals surface area contributed by atoms with Gasteiger partial charge in [-0.25, -0.2) is 4.68 Å². The molecule has 0 aliphatic heterocycles. The van der Waals surface area contributed by atoms with E-state index in [2.05, 4.69) is 29.5 Å². The van der Waals surface area contributed by atoms with Crippen LogP contribution in [0.1, 0.15) is 27.2 Å². The molecule has 2 aromatic carbocycles. The molecular formula is C21H23N3O2. The Morgan fingerprint density at radius 1 is 1.12 bits per heavy atom. The quantitative estimate of drug-likeness (QED) is 0.741. The molecule has 134 valence electrons. The molecule has 5 heteroatoms. The minimum Gasteiger partial charge on any atom is -0.497 e. The first-order chi connectivity index (χ1) is 12.6. The van der Waals surface area contributed by atoms with Gasteiger partial charge in [-0.2, -0.15) is 5.10 Å². The topological polar surface area (TPSA) is 56.2 Å². The Morgan fingerprint density at radius 2 is 1.85 bits per heavy atom. The van der Waals surface area contributed by atoms with E-state index in [9.17, 15) is 4.79 Å². The van der Waals surface area contributed by atoms with Gasteiger partial charge in [-0.15, -0.1) is 0 Å². The van der Waals surface area contributed by atoms with Gasteiger partial charge >= 0.3 is 0 Å². The molecule has 0 unspecified atom stereocenters. The maximum atomic E-state index is 12.5. The standard InChI is InChI=1S/C21H23N3O2/c1-15-6-4-5-7-17(15)12-13-22-21(25)20-14-23-24(16(20)2)18-8-10-19(26-3)11-9-18/h4-11,14H,12-13H2,1-3H3,(H,22,25). The van der Waals surface area contributed by atoms with E-state index in [-0.39, 0.29) is 5.91 Å². The second-order valence-electron chi connectivity index (χ2n) is 6.19. The number of carbonyl (C=O) groups excluding carboxylic acids is 1. The molecular weight excluding hydrogens is 326 g/mol. The van der Waals surface area contributed by atoms with Crippen LogP contribution in [0, 0.1) is 13.8 Å². The summed E-state index contributed by atoms with van der Waals surface area (Å²) in [5.74, 6) is 0.684. The van der Waals surface area contributed by atoms with Crippen LogP contribution in [-0.4, -0.2) is 29.3 Å². The van der Waals surface area contributed by atoms with Crippen LogP contribution in [0.3, 0.4) is 0 Å². The molecule has 0 radical (unpaired) electrons. The van der Waals surface area contributed by atoms with E-state index in [1.54, 1.807) is 18.0 Å². The third-order valence-corrected chi connectivity index (χ3v) is 4.51. The van der Waals surface area contributed by atoms with Gasteiger partial charge in [0.25, 0.3) is 5.91 Å². The van der Waals surface area contributed by atoms with Crippen LogP contribution in [0.5, 0.6) is 5.75 Å². The van der Waals surface area contributed by atoms with Crippen LogP contribution in [0.25, 0.3) is 5.69 Å². The van der Waals surface area contributed by atoms with Crippen molar-refractivity contribution in [3.63, 3.8) is 0 Å². The average molecular weight is 349 g/mol. The zero-order chi connectivity index (χ0) is 18.5. The normalized spacial score (nSPS) is 10.6. The fraction of sp³-hybridized carbons (Fsp3) is 0.238. The number of benzene rings is 2. The van der Waals surface area contributed by atoms with Gasteiger partial charge in [0, 0.05) is 6.54 Å². The first-order valence-corrected chi connectivity index (χ1v) is 8.62. The summed E-state index contributed by atoms with van der Waals surface area (Å²) < 4.78 is 6.93. The highest BCUT2D eigenvalue weighted by Gasteiger charge is 2.15. The second kappa shape index (κ2) is 7.87. The lowest BCUT2D eigenvalue weighted by atomic mass is 10.1. The summed E-state index contributed by atoms with van der Waals surface area (Å²) in [5.41, 5.74) is 4.78. The van der Waals surface area contributed by atoms with E-state index in [0.29, 0.717) is 12.1 Å². The van der Waals surface area contributed by atoms with Gasteiger partial charge in [-0.1, -0.05) is 24.3 Å². The lowest BCUT2D eigenvalue weighted by Gasteiger charge is -2.08. The van der Waals surface area contributed by atoms with Gasteiger partial charge in [0.1, 0.15) is 5.75 Å². The van der Waals surface area contributed by atoms with Gasteiger partial charge in [0.15, 0.2) is 0 Å². The third kappa shape index (κ3) is 3.77. The van der Waals surface area contributed by atoms with E-state index < -0.39 is 0 Å². The van der Waals surface area contributed by atoms with Crippen LogP contribution in [0.2, 0.25) is 0 Å². The minimum absolute atomic E-state index is 0.101. The molecule has 0 saturated carbocycles. The van der Waals surface area contributed by atoms with Crippen LogP contribution in [0.4, 0.5) is 0 Å². The first-order valence-electron chi connectivity index (χ1n) is 8.62. The molecule has 0 aliphatic carbocycles. The summed E-state index contributed by atoms with van der Waals surface area (Å²) in [6, 6.07) is 15.8. The Balaban J connectivity index is 1.66. The Kier molecular flexibility index (Phi) is 5.37. The Bertz CT molecular complexity index is 898. The van der Waals surface area contributed by atoms with Gasteiger partial charge in [-0.3, -0.25) is 4.79 Å². The predicted molar refractivity (Wildman–Crippen MR) is 102 cm³/mol. The van der Waals surface area contributed by atoms with Crippen LogP contribution >= 0.6 is 0 Å². The van der Waals surface area contributed by atoms with Gasteiger partial charge in [-0.05, 0) is 55.7 Å². The molecule has 0 saturated heterocycles. The second-order valence-corrected chi connectivity index (χ2v) is 6.19. The molecule has 0 spiro atoms. The molecule has 0 bridgehead atoms. The highest BCUT2D eigenvalue weighted by molar-refractivity contribution is 5.95. The molecule has 0 fully saturated rings. The van der Waals surface area contributed by atoms with Crippen LogP contribution in [0.15, 0.2) is 54.7 Å². The van der Waals surface area contributed by atoms with Crippen LogP contribution < -0.4 is 10.1 Å². The lowest BCUT2D eigenvalue weighted by Crippen LogP contribution is -2.26. The SMILES string of the molecule is COc1ccc(-n2ncc(C(=O)NCCc3ccccc3C)c2C)cc1. The average Bonchev–Trinajstić information content (AvgIpc) is 3.05. The number of hydrogen-bond acceptors (Lipinski definition) is 3. The first kappa shape index (κ1) is 17.7. The van der Waals surface area contributed by atoms with E-state index in [0.717, 1.165) is 23.6 Å². The summed E-state index contributed by atoms with van der Waals surface area (Å²) in [4.78, 5) is 12.5. The van der Waals surface area contributed by atoms with Crippen molar-refractivity contribution >= 4 is 5.91 Å². The van der Waals surface area contributed by atoms with Crippen molar-refractivity contribution in [2.24, 2.45) is 0 Å². The Hall–Kier alpha value is -3.08. The lowest BCUT2D eigenvalue weighted by molar-refractivity contribution is 0.0953. The number of nitrogens with one attached hydrogen (secondary N) is 1. The van der Waals surface area contributed by atoms with Crippen molar-refractivity contribution in [3.8, 4) is 11.4 Å². The highest BCUT2D eigenvalue weighted by atomic mass is 16.5. The molecule has 0 atom stereocenters. The smallest absolute Gasteiger partial charge is 0.254 e. The van der Waals surface area contributed by atoms with Crippen molar-refractivity contribution in [1.29, 1.82) is 0 Å². The van der Waals surface area contributed by atoms with Gasteiger partial charge in [0.05, 0.1) is 30.3 Å². The minimum atomic E-state index is -0.101. The summed E-state index contributed by atoms with van der Waals surface area (Å²) in [6.45, 7) is 4.57.